The highest BCUT2D eigenvalue weighted by molar-refractivity contribution is 5.86. The average molecular weight is 277 g/mol. The minimum Gasteiger partial charge on any atom is -0.481 e. The topological polar surface area (TPSA) is 66.4 Å². The van der Waals surface area contributed by atoms with Crippen molar-refractivity contribution in [1.82, 2.24) is 5.32 Å². The van der Waals surface area contributed by atoms with Crippen LogP contribution in [0.3, 0.4) is 0 Å². The summed E-state index contributed by atoms with van der Waals surface area (Å²) in [6.45, 7) is 0.725. The quantitative estimate of drug-likeness (QED) is 0.774. The van der Waals surface area contributed by atoms with Crippen molar-refractivity contribution in [2.45, 2.75) is 38.5 Å². The molecule has 0 aromatic heterocycles. The van der Waals surface area contributed by atoms with Crippen molar-refractivity contribution in [3.63, 3.8) is 0 Å². The minimum atomic E-state index is -0.820. The number of allylic oxidation sites excluding steroid dienone is 2. The number of amides is 1. The highest BCUT2D eigenvalue weighted by atomic mass is 16.4. The molecule has 0 aliphatic heterocycles. The summed E-state index contributed by atoms with van der Waals surface area (Å²) in [7, 11) is 0. The normalized spacial score (nSPS) is 36.2. The van der Waals surface area contributed by atoms with Crippen molar-refractivity contribution in [1.29, 1.82) is 0 Å². The number of nitrogens with one attached hydrogen (secondary N) is 1. The van der Waals surface area contributed by atoms with Crippen LogP contribution in [0.2, 0.25) is 0 Å². The Morgan fingerprint density at radius 3 is 2.35 bits per heavy atom. The number of fused-ring (bicyclic) bond motifs is 2. The van der Waals surface area contributed by atoms with Crippen molar-refractivity contribution in [2.24, 2.45) is 29.6 Å². The zero-order valence-corrected chi connectivity index (χ0v) is 11.8. The van der Waals surface area contributed by atoms with Gasteiger partial charge in [-0.3, -0.25) is 9.59 Å². The highest BCUT2D eigenvalue weighted by Crippen LogP contribution is 2.48. The van der Waals surface area contributed by atoms with Crippen molar-refractivity contribution in [2.75, 3.05) is 6.54 Å². The molecule has 0 aromatic rings. The van der Waals surface area contributed by atoms with Gasteiger partial charge in [-0.2, -0.15) is 0 Å². The van der Waals surface area contributed by atoms with Gasteiger partial charge in [0.1, 0.15) is 0 Å². The van der Waals surface area contributed by atoms with Gasteiger partial charge in [-0.15, -0.1) is 0 Å². The fourth-order valence-electron chi connectivity index (χ4n) is 4.27. The van der Waals surface area contributed by atoms with Crippen LogP contribution in [0.15, 0.2) is 12.2 Å². The van der Waals surface area contributed by atoms with E-state index in [1.54, 1.807) is 0 Å². The molecule has 2 unspecified atom stereocenters. The number of hydrogen-bond donors (Lipinski definition) is 2. The Kier molecular flexibility index (Phi) is 3.81. The fraction of sp³-hybridized carbons (Fsp3) is 0.750. The van der Waals surface area contributed by atoms with Gasteiger partial charge in [0.25, 0.3) is 0 Å². The zero-order chi connectivity index (χ0) is 14.1. The molecule has 4 heteroatoms. The second-order valence-electron chi connectivity index (χ2n) is 6.59. The summed E-state index contributed by atoms with van der Waals surface area (Å²) >= 11 is 0. The van der Waals surface area contributed by atoms with Crippen LogP contribution in [-0.2, 0) is 9.59 Å². The summed E-state index contributed by atoms with van der Waals surface area (Å²) in [5.74, 6) is -0.956. The van der Waals surface area contributed by atoms with Crippen molar-refractivity contribution in [3.8, 4) is 0 Å². The first kappa shape index (κ1) is 13.7. The van der Waals surface area contributed by atoms with Gasteiger partial charge in [0, 0.05) is 6.54 Å². The van der Waals surface area contributed by atoms with E-state index in [4.69, 9.17) is 0 Å². The summed E-state index contributed by atoms with van der Waals surface area (Å²) in [4.78, 5) is 23.8. The van der Waals surface area contributed by atoms with Gasteiger partial charge in [-0.1, -0.05) is 31.4 Å². The number of aliphatic carboxylic acids is 1. The average Bonchev–Trinajstić information content (AvgIpc) is 3.06. The molecule has 3 aliphatic carbocycles. The van der Waals surface area contributed by atoms with E-state index < -0.39 is 11.9 Å². The van der Waals surface area contributed by atoms with E-state index in [1.807, 2.05) is 12.2 Å². The van der Waals surface area contributed by atoms with E-state index in [2.05, 4.69) is 5.32 Å². The molecule has 2 bridgehead atoms. The molecule has 1 amide bonds. The molecule has 4 nitrogen and oxygen atoms in total. The second-order valence-corrected chi connectivity index (χ2v) is 6.59. The third-order valence-corrected chi connectivity index (χ3v) is 5.34. The van der Waals surface area contributed by atoms with Gasteiger partial charge in [-0.25, -0.2) is 0 Å². The molecule has 4 atom stereocenters. The predicted molar refractivity (Wildman–Crippen MR) is 74.9 cm³/mol. The van der Waals surface area contributed by atoms with Crippen LogP contribution < -0.4 is 5.32 Å². The Morgan fingerprint density at radius 1 is 1.05 bits per heavy atom. The third-order valence-electron chi connectivity index (χ3n) is 5.34. The molecule has 3 aliphatic rings. The third kappa shape index (κ3) is 2.48. The number of carboxylic acid groups (broad SMARTS) is 1. The predicted octanol–water partition coefficient (Wildman–Crippen LogP) is 2.21. The molecule has 0 heterocycles. The van der Waals surface area contributed by atoms with E-state index in [1.165, 1.54) is 32.1 Å². The summed E-state index contributed by atoms with van der Waals surface area (Å²) in [6, 6.07) is 0. The number of carbonyl (C=O) groups excluding carboxylic acids is 1. The Balaban J connectivity index is 1.58. The molecule has 3 rings (SSSR count). The van der Waals surface area contributed by atoms with Crippen LogP contribution in [0.1, 0.15) is 38.5 Å². The first-order valence-electron chi connectivity index (χ1n) is 7.85. The van der Waals surface area contributed by atoms with Gasteiger partial charge in [0.15, 0.2) is 0 Å². The van der Waals surface area contributed by atoms with Crippen LogP contribution in [-0.4, -0.2) is 23.5 Å². The molecule has 0 radical (unpaired) electrons. The monoisotopic (exact) mass is 277 g/mol. The molecule has 110 valence electrons. The van der Waals surface area contributed by atoms with E-state index in [9.17, 15) is 14.7 Å². The zero-order valence-electron chi connectivity index (χ0n) is 11.8. The molecule has 2 fully saturated rings. The standard InChI is InChI=1S/C16H23NO3/c18-15(17-9-10-4-2-1-3-5-10)13-11-6-7-12(8-11)14(13)16(19)20/h6-7,10-14H,1-5,8-9H2,(H,17,18)(H,19,20)/t11?,12?,13-,14+/m0/s1. The number of carbonyl (C=O) groups is 2. The minimum absolute atomic E-state index is 0.0418. The van der Waals surface area contributed by atoms with Crippen molar-refractivity contribution >= 4 is 11.9 Å². The smallest absolute Gasteiger partial charge is 0.307 e. The lowest BCUT2D eigenvalue weighted by Gasteiger charge is -2.26. The molecule has 0 spiro atoms. The van der Waals surface area contributed by atoms with E-state index >= 15 is 0 Å². The van der Waals surface area contributed by atoms with Crippen molar-refractivity contribution in [3.05, 3.63) is 12.2 Å². The Morgan fingerprint density at radius 2 is 1.70 bits per heavy atom. The first-order chi connectivity index (χ1) is 9.66. The maximum absolute atomic E-state index is 12.4. The van der Waals surface area contributed by atoms with Gasteiger partial charge >= 0.3 is 5.97 Å². The van der Waals surface area contributed by atoms with Crippen LogP contribution in [0.4, 0.5) is 0 Å². The van der Waals surface area contributed by atoms with E-state index in [0.29, 0.717) is 5.92 Å². The SMILES string of the molecule is O=C(O)[C@@H]1C2C=CC(C2)[C@@H]1C(=O)NCC1CCCCC1. The van der Waals surface area contributed by atoms with Crippen LogP contribution >= 0.6 is 0 Å². The lowest BCUT2D eigenvalue weighted by atomic mass is 9.82. The fourth-order valence-corrected chi connectivity index (χ4v) is 4.27. The second kappa shape index (κ2) is 5.58. The van der Waals surface area contributed by atoms with E-state index in [0.717, 1.165) is 13.0 Å². The van der Waals surface area contributed by atoms with Crippen LogP contribution in [0.25, 0.3) is 0 Å². The number of hydrogen-bond acceptors (Lipinski definition) is 2. The molecule has 2 N–H and O–H groups in total. The number of carboxylic acids is 1. The lowest BCUT2D eigenvalue weighted by Crippen LogP contribution is -2.42. The molecule has 2 saturated carbocycles. The van der Waals surface area contributed by atoms with Gasteiger partial charge in [-0.05, 0) is 37.0 Å². The largest absolute Gasteiger partial charge is 0.481 e. The van der Waals surface area contributed by atoms with Crippen molar-refractivity contribution < 1.29 is 14.7 Å². The van der Waals surface area contributed by atoms with Gasteiger partial charge < -0.3 is 10.4 Å². The van der Waals surface area contributed by atoms with Crippen LogP contribution in [0.5, 0.6) is 0 Å². The summed E-state index contributed by atoms with van der Waals surface area (Å²) in [5.41, 5.74) is 0. The lowest BCUT2D eigenvalue weighted by molar-refractivity contribution is -0.147. The molecular weight excluding hydrogens is 254 g/mol. The maximum atomic E-state index is 12.4. The Hall–Kier alpha value is -1.32. The molecule has 20 heavy (non-hydrogen) atoms. The van der Waals surface area contributed by atoms with E-state index in [-0.39, 0.29) is 23.7 Å². The van der Waals surface area contributed by atoms with Gasteiger partial charge in [0.2, 0.25) is 5.91 Å². The Labute approximate surface area is 119 Å². The summed E-state index contributed by atoms with van der Waals surface area (Å²) in [6.07, 6.45) is 11.1. The first-order valence-corrected chi connectivity index (χ1v) is 7.85. The number of rotatable bonds is 4. The molecular formula is C16H23NO3. The summed E-state index contributed by atoms with van der Waals surface area (Å²) < 4.78 is 0. The van der Waals surface area contributed by atoms with Crippen LogP contribution in [0, 0.1) is 29.6 Å². The molecule has 0 aromatic carbocycles. The van der Waals surface area contributed by atoms with Gasteiger partial charge in [0.05, 0.1) is 11.8 Å². The molecule has 0 saturated heterocycles. The summed E-state index contributed by atoms with van der Waals surface area (Å²) in [5, 5.41) is 12.4. The highest BCUT2D eigenvalue weighted by Gasteiger charge is 2.51. The Bertz CT molecular complexity index is 425. The maximum Gasteiger partial charge on any atom is 0.307 e.